The van der Waals surface area contributed by atoms with E-state index in [-0.39, 0.29) is 11.6 Å². The van der Waals surface area contributed by atoms with Gasteiger partial charge in [0.2, 0.25) is 0 Å². The smallest absolute Gasteiger partial charge is 0.196 e. The van der Waals surface area contributed by atoms with Gasteiger partial charge in [-0.05, 0) is 24.3 Å². The summed E-state index contributed by atoms with van der Waals surface area (Å²) in [5, 5.41) is 3.70. The summed E-state index contributed by atoms with van der Waals surface area (Å²) in [6, 6.07) is 7.11. The predicted octanol–water partition coefficient (Wildman–Crippen LogP) is 0.968. The van der Waals surface area contributed by atoms with Crippen LogP contribution in [-0.2, 0) is 4.79 Å². The third-order valence-corrected chi connectivity index (χ3v) is 1.76. The number of anilines is 1. The molecule has 0 aliphatic rings. The fourth-order valence-corrected chi connectivity index (χ4v) is 0.869. The van der Waals surface area contributed by atoms with Gasteiger partial charge in [-0.3, -0.25) is 10.2 Å². The first kappa shape index (κ1) is 11.0. The molecule has 0 fully saturated rings. The second kappa shape index (κ2) is 4.99. The molecule has 0 amide bonds. The van der Waals surface area contributed by atoms with Gasteiger partial charge in [0.25, 0.3) is 0 Å². The number of Topliss-reactive ketones (excluding diaryl/α,β-unsaturated/α-hetero) is 1. The molecule has 80 valence electrons. The summed E-state index contributed by atoms with van der Waals surface area (Å²) in [6.45, 7) is 1.36. The van der Waals surface area contributed by atoms with Crippen LogP contribution in [0.4, 0.5) is 5.69 Å². The van der Waals surface area contributed by atoms with E-state index in [1.54, 1.807) is 31.4 Å². The zero-order chi connectivity index (χ0) is 11.3. The Labute approximate surface area is 87.9 Å². The lowest BCUT2D eigenvalue weighted by Gasteiger charge is -2.02. The molecule has 0 saturated heterocycles. The van der Waals surface area contributed by atoms with Crippen molar-refractivity contribution < 1.29 is 9.53 Å². The second-order valence-electron chi connectivity index (χ2n) is 2.89. The van der Waals surface area contributed by atoms with Crippen LogP contribution in [0.2, 0.25) is 0 Å². The van der Waals surface area contributed by atoms with Crippen molar-refractivity contribution in [2.75, 3.05) is 12.5 Å². The number of hydrogen-bond acceptors (Lipinski definition) is 4. The summed E-state index contributed by atoms with van der Waals surface area (Å²) < 4.78 is 4.99. The number of methoxy groups -OCH3 is 1. The Morgan fingerprint density at radius 1 is 1.40 bits per heavy atom. The zero-order valence-corrected chi connectivity index (χ0v) is 8.65. The number of amidine groups is 1. The minimum atomic E-state index is -0.268. The third kappa shape index (κ3) is 3.30. The lowest BCUT2D eigenvalue weighted by Crippen LogP contribution is -2.22. The molecule has 1 rings (SSSR count). The monoisotopic (exact) mass is 207 g/mol. The standard InChI is InChI=1S/C10H13N3O2/c1-7(14)10(11)13-12-8-3-5-9(15-2)6-4-8/h3-6,12H,1-2H3,(H2,11,13). The van der Waals surface area contributed by atoms with Crippen LogP contribution in [0, 0.1) is 0 Å². The summed E-state index contributed by atoms with van der Waals surface area (Å²) in [6.07, 6.45) is 0. The van der Waals surface area contributed by atoms with Gasteiger partial charge in [-0.25, -0.2) is 0 Å². The van der Waals surface area contributed by atoms with Crippen molar-refractivity contribution in [1.82, 2.24) is 0 Å². The van der Waals surface area contributed by atoms with E-state index in [2.05, 4.69) is 10.5 Å². The van der Waals surface area contributed by atoms with E-state index in [0.29, 0.717) is 0 Å². The quantitative estimate of drug-likeness (QED) is 0.438. The van der Waals surface area contributed by atoms with Crippen LogP contribution in [0.15, 0.2) is 29.4 Å². The molecule has 0 aliphatic carbocycles. The predicted molar refractivity (Wildman–Crippen MR) is 58.9 cm³/mol. The van der Waals surface area contributed by atoms with Gasteiger partial charge in [-0.1, -0.05) is 0 Å². The van der Waals surface area contributed by atoms with Crippen LogP contribution >= 0.6 is 0 Å². The first-order valence-corrected chi connectivity index (χ1v) is 4.37. The summed E-state index contributed by atoms with van der Waals surface area (Å²) in [4.78, 5) is 10.7. The van der Waals surface area contributed by atoms with Crippen molar-refractivity contribution in [1.29, 1.82) is 0 Å². The zero-order valence-electron chi connectivity index (χ0n) is 8.65. The normalized spacial score (nSPS) is 10.9. The Kier molecular flexibility index (Phi) is 3.68. The summed E-state index contributed by atoms with van der Waals surface area (Å²) in [5.74, 6) is 0.436. The highest BCUT2D eigenvalue weighted by Gasteiger charge is 1.98. The molecule has 0 heterocycles. The summed E-state index contributed by atoms with van der Waals surface area (Å²) >= 11 is 0. The molecular weight excluding hydrogens is 194 g/mol. The van der Waals surface area contributed by atoms with E-state index < -0.39 is 0 Å². The Bertz CT molecular complexity index is 371. The van der Waals surface area contributed by atoms with Crippen LogP contribution in [0.5, 0.6) is 5.75 Å². The molecule has 0 saturated carbocycles. The maximum Gasteiger partial charge on any atom is 0.196 e. The van der Waals surface area contributed by atoms with E-state index in [1.165, 1.54) is 6.92 Å². The molecule has 0 atom stereocenters. The van der Waals surface area contributed by atoms with Gasteiger partial charge in [0.05, 0.1) is 12.8 Å². The molecule has 1 aromatic carbocycles. The molecule has 1 aromatic rings. The number of carbonyl (C=O) groups is 1. The SMILES string of the molecule is COc1ccc(N/N=C(/N)C(C)=O)cc1. The minimum Gasteiger partial charge on any atom is -0.497 e. The molecule has 0 unspecified atom stereocenters. The molecule has 15 heavy (non-hydrogen) atoms. The molecule has 0 aliphatic heterocycles. The first-order valence-electron chi connectivity index (χ1n) is 4.37. The number of benzene rings is 1. The maximum atomic E-state index is 10.7. The highest BCUT2D eigenvalue weighted by Crippen LogP contribution is 2.14. The van der Waals surface area contributed by atoms with Crippen molar-refractivity contribution in [3.8, 4) is 5.75 Å². The number of nitrogens with zero attached hydrogens (tertiary/aromatic N) is 1. The van der Waals surface area contributed by atoms with Gasteiger partial charge in [0, 0.05) is 6.92 Å². The van der Waals surface area contributed by atoms with Gasteiger partial charge in [0.1, 0.15) is 5.75 Å². The Morgan fingerprint density at radius 2 is 2.00 bits per heavy atom. The molecule has 0 aromatic heterocycles. The molecule has 0 radical (unpaired) electrons. The average Bonchev–Trinajstić information content (AvgIpc) is 2.26. The Balaban J connectivity index is 2.66. The minimum absolute atomic E-state index is 0.0502. The number of hydrogen-bond donors (Lipinski definition) is 2. The number of hydrazone groups is 1. The van der Waals surface area contributed by atoms with Crippen LogP contribution in [-0.4, -0.2) is 18.7 Å². The fourth-order valence-electron chi connectivity index (χ4n) is 0.869. The molecule has 3 N–H and O–H groups in total. The Hall–Kier alpha value is -2.04. The fraction of sp³-hybridized carbons (Fsp3) is 0.200. The third-order valence-electron chi connectivity index (χ3n) is 1.76. The highest BCUT2D eigenvalue weighted by molar-refractivity contribution is 6.37. The van der Waals surface area contributed by atoms with Crippen molar-refractivity contribution in [3.63, 3.8) is 0 Å². The maximum absolute atomic E-state index is 10.7. The number of ketones is 1. The van der Waals surface area contributed by atoms with Crippen molar-refractivity contribution >= 4 is 17.3 Å². The molecule has 0 bridgehead atoms. The number of nitrogens with one attached hydrogen (secondary N) is 1. The topological polar surface area (TPSA) is 76.7 Å². The molecule has 0 spiro atoms. The van der Waals surface area contributed by atoms with Crippen molar-refractivity contribution in [2.24, 2.45) is 10.8 Å². The second-order valence-corrected chi connectivity index (χ2v) is 2.89. The van der Waals surface area contributed by atoms with Crippen molar-refractivity contribution in [2.45, 2.75) is 6.92 Å². The van der Waals surface area contributed by atoms with Gasteiger partial charge >= 0.3 is 0 Å². The van der Waals surface area contributed by atoms with Crippen molar-refractivity contribution in [3.05, 3.63) is 24.3 Å². The Morgan fingerprint density at radius 3 is 2.47 bits per heavy atom. The van der Waals surface area contributed by atoms with Gasteiger partial charge in [-0.15, -0.1) is 0 Å². The lowest BCUT2D eigenvalue weighted by molar-refractivity contribution is -0.111. The van der Waals surface area contributed by atoms with E-state index in [0.717, 1.165) is 11.4 Å². The van der Waals surface area contributed by atoms with E-state index in [1.807, 2.05) is 0 Å². The molecule has 5 nitrogen and oxygen atoms in total. The van der Waals surface area contributed by atoms with Crippen LogP contribution in [0.1, 0.15) is 6.92 Å². The summed E-state index contributed by atoms with van der Waals surface area (Å²) in [7, 11) is 1.59. The van der Waals surface area contributed by atoms with Crippen LogP contribution in [0.3, 0.4) is 0 Å². The molecule has 5 heteroatoms. The highest BCUT2D eigenvalue weighted by atomic mass is 16.5. The number of carbonyl (C=O) groups excluding carboxylic acids is 1. The lowest BCUT2D eigenvalue weighted by atomic mass is 10.3. The molecular formula is C10H13N3O2. The number of ether oxygens (including phenoxy) is 1. The van der Waals surface area contributed by atoms with Crippen LogP contribution < -0.4 is 15.9 Å². The summed E-state index contributed by atoms with van der Waals surface area (Å²) in [5.41, 5.74) is 8.73. The van der Waals surface area contributed by atoms with E-state index in [4.69, 9.17) is 10.5 Å². The van der Waals surface area contributed by atoms with Crippen LogP contribution in [0.25, 0.3) is 0 Å². The number of nitrogens with two attached hydrogens (primary N) is 1. The van der Waals surface area contributed by atoms with E-state index >= 15 is 0 Å². The van der Waals surface area contributed by atoms with Gasteiger partial charge in [-0.2, -0.15) is 5.10 Å². The van der Waals surface area contributed by atoms with Gasteiger partial charge < -0.3 is 10.5 Å². The first-order chi connectivity index (χ1) is 7.13. The number of rotatable bonds is 4. The largest absolute Gasteiger partial charge is 0.497 e. The van der Waals surface area contributed by atoms with E-state index in [9.17, 15) is 4.79 Å². The van der Waals surface area contributed by atoms with Gasteiger partial charge in [0.15, 0.2) is 11.6 Å². The average molecular weight is 207 g/mol.